The number of halogens is 2. The van der Waals surface area contributed by atoms with Crippen molar-refractivity contribution in [2.75, 3.05) is 11.9 Å². The number of carbonyl (C=O) groups excluding carboxylic acids is 1. The van der Waals surface area contributed by atoms with E-state index < -0.39 is 17.7 Å². The highest BCUT2D eigenvalue weighted by Crippen LogP contribution is 2.12. The monoisotopic (exact) mass is 342 g/mol. The van der Waals surface area contributed by atoms with Crippen LogP contribution in [0.4, 0.5) is 19.3 Å². The van der Waals surface area contributed by atoms with E-state index in [9.17, 15) is 13.6 Å². The van der Waals surface area contributed by atoms with Gasteiger partial charge in [0.25, 0.3) is 0 Å². The summed E-state index contributed by atoms with van der Waals surface area (Å²) in [5, 5.41) is 9.20. The molecule has 7 heteroatoms. The molecule has 0 fully saturated rings. The van der Waals surface area contributed by atoms with Gasteiger partial charge in [0.2, 0.25) is 0 Å². The summed E-state index contributed by atoms with van der Waals surface area (Å²) in [4.78, 5) is 11.8. The fourth-order valence-electron chi connectivity index (χ4n) is 2.36. The topological polar surface area (TPSA) is 59.0 Å². The molecule has 0 spiro atoms. The summed E-state index contributed by atoms with van der Waals surface area (Å²) < 4.78 is 27.9. The molecule has 5 nitrogen and oxygen atoms in total. The molecule has 25 heavy (non-hydrogen) atoms. The number of nitrogens with one attached hydrogen (secondary N) is 2. The van der Waals surface area contributed by atoms with E-state index in [1.807, 2.05) is 36.5 Å². The van der Waals surface area contributed by atoms with Crippen LogP contribution in [0.15, 0.2) is 60.9 Å². The third kappa shape index (κ3) is 4.63. The van der Waals surface area contributed by atoms with Crippen LogP contribution in [0.25, 0.3) is 5.69 Å². The molecule has 0 atom stereocenters. The highest BCUT2D eigenvalue weighted by Gasteiger charge is 2.05. The van der Waals surface area contributed by atoms with Crippen LogP contribution in [0.3, 0.4) is 0 Å². The molecule has 0 aliphatic heterocycles. The number of amides is 2. The first-order chi connectivity index (χ1) is 12.1. The van der Waals surface area contributed by atoms with E-state index in [1.165, 1.54) is 0 Å². The summed E-state index contributed by atoms with van der Waals surface area (Å²) in [6.45, 7) is 0.394. The maximum Gasteiger partial charge on any atom is 0.319 e. The molecule has 2 aromatic carbocycles. The first-order valence-corrected chi connectivity index (χ1v) is 7.70. The molecule has 0 radical (unpaired) electrons. The molecule has 128 valence electrons. The van der Waals surface area contributed by atoms with Crippen LogP contribution in [-0.2, 0) is 6.42 Å². The van der Waals surface area contributed by atoms with Gasteiger partial charge in [-0.15, -0.1) is 0 Å². The molecule has 1 aromatic heterocycles. The van der Waals surface area contributed by atoms with Gasteiger partial charge >= 0.3 is 6.03 Å². The number of urea groups is 1. The second-order valence-electron chi connectivity index (χ2n) is 5.41. The normalized spacial score (nSPS) is 10.5. The van der Waals surface area contributed by atoms with Crippen molar-refractivity contribution >= 4 is 11.7 Å². The van der Waals surface area contributed by atoms with E-state index >= 15 is 0 Å². The standard InChI is InChI=1S/C18H16F2N4O/c19-14-10-15(20)12-16(11-14)23-18(25)21-8-6-13-2-4-17(5-3-13)24-9-1-7-22-24/h1-5,7,9-12H,6,8H2,(H2,21,23,25). The minimum absolute atomic E-state index is 0.0681. The second-order valence-corrected chi connectivity index (χ2v) is 5.41. The van der Waals surface area contributed by atoms with E-state index in [1.54, 1.807) is 10.9 Å². The number of anilines is 1. The summed E-state index contributed by atoms with van der Waals surface area (Å²) in [5.41, 5.74) is 2.07. The molecule has 0 saturated carbocycles. The zero-order chi connectivity index (χ0) is 17.6. The molecule has 0 aliphatic carbocycles. The fraction of sp³-hybridized carbons (Fsp3) is 0.111. The Morgan fingerprint density at radius 3 is 2.44 bits per heavy atom. The lowest BCUT2D eigenvalue weighted by Gasteiger charge is -2.08. The third-order valence-electron chi connectivity index (χ3n) is 3.52. The van der Waals surface area contributed by atoms with E-state index in [0.717, 1.165) is 29.4 Å². The molecule has 3 rings (SSSR count). The van der Waals surface area contributed by atoms with Gasteiger partial charge in [-0.3, -0.25) is 0 Å². The summed E-state index contributed by atoms with van der Waals surface area (Å²) in [6, 6.07) is 12.0. The van der Waals surface area contributed by atoms with Crippen molar-refractivity contribution in [3.63, 3.8) is 0 Å². The Hall–Kier alpha value is -3.22. The molecule has 0 aliphatic rings. The Morgan fingerprint density at radius 2 is 1.80 bits per heavy atom. The van der Waals surface area contributed by atoms with Crippen molar-refractivity contribution in [1.82, 2.24) is 15.1 Å². The summed E-state index contributed by atoms with van der Waals surface area (Å²) in [5.74, 6) is -1.49. The van der Waals surface area contributed by atoms with E-state index in [2.05, 4.69) is 15.7 Å². The molecular formula is C18H16F2N4O. The van der Waals surface area contributed by atoms with Crippen LogP contribution in [0, 0.1) is 11.6 Å². The second kappa shape index (κ2) is 7.57. The Kier molecular flexibility index (Phi) is 5.03. The van der Waals surface area contributed by atoms with Crippen molar-refractivity contribution in [2.45, 2.75) is 6.42 Å². The minimum Gasteiger partial charge on any atom is -0.338 e. The van der Waals surface area contributed by atoms with Crippen molar-refractivity contribution in [2.24, 2.45) is 0 Å². The maximum absolute atomic E-state index is 13.1. The quantitative estimate of drug-likeness (QED) is 0.745. The van der Waals surface area contributed by atoms with E-state index in [-0.39, 0.29) is 5.69 Å². The number of rotatable bonds is 5. The average Bonchev–Trinajstić information content (AvgIpc) is 3.09. The first kappa shape index (κ1) is 16.6. The minimum atomic E-state index is -0.743. The molecule has 0 bridgehead atoms. The zero-order valence-electron chi connectivity index (χ0n) is 13.2. The van der Waals surface area contributed by atoms with Crippen LogP contribution in [-0.4, -0.2) is 22.4 Å². The maximum atomic E-state index is 13.1. The van der Waals surface area contributed by atoms with Crippen molar-refractivity contribution < 1.29 is 13.6 Å². The summed E-state index contributed by atoms with van der Waals surface area (Å²) in [6.07, 6.45) is 4.20. The van der Waals surface area contributed by atoms with Crippen LogP contribution in [0.1, 0.15) is 5.56 Å². The first-order valence-electron chi connectivity index (χ1n) is 7.70. The molecule has 3 aromatic rings. The molecule has 2 amide bonds. The lowest BCUT2D eigenvalue weighted by atomic mass is 10.1. The van der Waals surface area contributed by atoms with Gasteiger partial charge in [-0.2, -0.15) is 5.10 Å². The number of aromatic nitrogens is 2. The largest absolute Gasteiger partial charge is 0.338 e. The highest BCUT2D eigenvalue weighted by molar-refractivity contribution is 5.89. The Balaban J connectivity index is 1.48. The van der Waals surface area contributed by atoms with Crippen molar-refractivity contribution in [3.8, 4) is 5.69 Å². The smallest absolute Gasteiger partial charge is 0.319 e. The van der Waals surface area contributed by atoms with Gasteiger partial charge < -0.3 is 10.6 Å². The molecular weight excluding hydrogens is 326 g/mol. The third-order valence-corrected chi connectivity index (χ3v) is 3.52. The van der Waals surface area contributed by atoms with Crippen LogP contribution < -0.4 is 10.6 Å². The van der Waals surface area contributed by atoms with Gasteiger partial charge in [0.1, 0.15) is 11.6 Å². The zero-order valence-corrected chi connectivity index (χ0v) is 13.2. The predicted molar refractivity (Wildman–Crippen MR) is 90.6 cm³/mol. The van der Waals surface area contributed by atoms with Gasteiger partial charge in [0.15, 0.2) is 0 Å². The lowest BCUT2D eigenvalue weighted by molar-refractivity contribution is 0.252. The van der Waals surface area contributed by atoms with Crippen molar-refractivity contribution in [3.05, 3.63) is 78.1 Å². The Morgan fingerprint density at radius 1 is 1.08 bits per heavy atom. The Bertz CT molecular complexity index is 828. The molecule has 0 unspecified atom stereocenters. The predicted octanol–water partition coefficient (Wildman–Crippen LogP) is 3.51. The SMILES string of the molecule is O=C(NCCc1ccc(-n2cccn2)cc1)Nc1cc(F)cc(F)c1. The van der Waals surface area contributed by atoms with E-state index in [4.69, 9.17) is 0 Å². The van der Waals surface area contributed by atoms with Crippen LogP contribution >= 0.6 is 0 Å². The Labute approximate surface area is 143 Å². The number of benzene rings is 2. The van der Waals surface area contributed by atoms with Crippen LogP contribution in [0.2, 0.25) is 0 Å². The van der Waals surface area contributed by atoms with Gasteiger partial charge in [-0.1, -0.05) is 12.1 Å². The molecule has 1 heterocycles. The van der Waals surface area contributed by atoms with Crippen molar-refractivity contribution in [1.29, 1.82) is 0 Å². The summed E-state index contributed by atoms with van der Waals surface area (Å²) >= 11 is 0. The average molecular weight is 342 g/mol. The number of carbonyl (C=O) groups is 1. The van der Waals surface area contributed by atoms with Gasteiger partial charge in [0.05, 0.1) is 5.69 Å². The number of hydrogen-bond donors (Lipinski definition) is 2. The van der Waals surface area contributed by atoms with Crippen LogP contribution in [0.5, 0.6) is 0 Å². The number of nitrogens with zero attached hydrogens (tertiary/aromatic N) is 2. The van der Waals surface area contributed by atoms with Gasteiger partial charge in [0, 0.05) is 30.7 Å². The van der Waals surface area contributed by atoms with Gasteiger partial charge in [-0.05, 0) is 42.3 Å². The summed E-state index contributed by atoms with van der Waals surface area (Å²) in [7, 11) is 0. The number of hydrogen-bond acceptors (Lipinski definition) is 2. The van der Waals surface area contributed by atoms with Gasteiger partial charge in [-0.25, -0.2) is 18.3 Å². The van der Waals surface area contributed by atoms with E-state index in [0.29, 0.717) is 13.0 Å². The highest BCUT2D eigenvalue weighted by atomic mass is 19.1. The lowest BCUT2D eigenvalue weighted by Crippen LogP contribution is -2.30. The molecule has 0 saturated heterocycles. The fourth-order valence-corrected chi connectivity index (χ4v) is 2.36. The molecule has 2 N–H and O–H groups in total.